The van der Waals surface area contributed by atoms with E-state index >= 15 is 4.79 Å². The lowest BCUT2D eigenvalue weighted by atomic mass is 9.54. The summed E-state index contributed by atoms with van der Waals surface area (Å²) >= 11 is 0. The number of fused-ring (bicyclic) bond motifs is 6. The van der Waals surface area contributed by atoms with Crippen molar-refractivity contribution in [3.8, 4) is 5.75 Å². The predicted molar refractivity (Wildman–Crippen MR) is 223 cm³/mol. The average molecular weight is 827 g/mol. The molecule has 10 atom stereocenters. The monoisotopic (exact) mass is 826 g/mol. The SMILES string of the molecule is C=CCN1CC[C@]23c4cc([C@@]5(C(=O)OC)C[C@@H]6CN(CCc7c5[nH]c5ccccc75)C[C@](O)(CC)C6)c(OC)cc4N(C=O)[C@H]2[C@@](O)(C(=O)OC)[C@H](OC(C)=O)[C@@H](CC)[C@H]13. The molecular formula is C46H58N4O10. The maximum atomic E-state index is 15.3. The summed E-state index contributed by atoms with van der Waals surface area (Å²) in [6, 6.07) is 9.89. The molecule has 1 amide bonds. The average Bonchev–Trinajstić information content (AvgIpc) is 3.90. The second-order valence-corrected chi connectivity index (χ2v) is 17.7. The first kappa shape index (κ1) is 42.0. The highest BCUT2D eigenvalue weighted by Crippen LogP contribution is 2.64. The summed E-state index contributed by atoms with van der Waals surface area (Å²) < 4.78 is 23.5. The van der Waals surface area contributed by atoms with E-state index < -0.39 is 64.0 Å². The number of carbonyl (C=O) groups excluding carboxylic acids is 4. The summed E-state index contributed by atoms with van der Waals surface area (Å²) in [7, 11) is 4.06. The molecule has 1 unspecified atom stereocenters. The van der Waals surface area contributed by atoms with Crippen LogP contribution >= 0.6 is 0 Å². The fourth-order valence-electron chi connectivity index (χ4n) is 12.7. The number of rotatable bonds is 10. The van der Waals surface area contributed by atoms with E-state index in [0.717, 1.165) is 16.5 Å². The van der Waals surface area contributed by atoms with Crippen LogP contribution in [-0.2, 0) is 50.6 Å². The standard InChI is InChI=1S/C46H58N4O10/c1-8-17-49-19-16-44-32-20-33(36(57-5)21-35(32)50(26-51)40(44)46(56,42(54)59-7)39(60-27(4)52)29(9-2)38(44)49)45(41(53)58-6)23-28-22-43(55,10-3)25-48(24-28)18-15-31-30-13-11-12-14-34(30)47-37(31)45/h8,11-14,20-21,26,28-29,38-40,47,55-56H,1,9-10,15-19,22-25H2,2-7H3/t28-,29+,38+,39-,40-,43+,44-,45+,46-/m1/s1. The van der Waals surface area contributed by atoms with Crippen LogP contribution in [0, 0.1) is 11.8 Å². The van der Waals surface area contributed by atoms with Crippen LogP contribution in [0.4, 0.5) is 5.69 Å². The highest BCUT2D eigenvalue weighted by molar-refractivity contribution is 5.96. The number of benzene rings is 2. The van der Waals surface area contributed by atoms with Crippen molar-refractivity contribution in [1.82, 2.24) is 14.8 Å². The Morgan fingerprint density at radius 1 is 1.02 bits per heavy atom. The third kappa shape index (κ3) is 5.80. The fraction of sp³-hybridized carbons (Fsp3) is 0.565. The Morgan fingerprint density at radius 3 is 2.42 bits per heavy atom. The van der Waals surface area contributed by atoms with Crippen molar-refractivity contribution < 1.29 is 48.3 Å². The number of hydrogen-bond donors (Lipinski definition) is 3. The first-order chi connectivity index (χ1) is 28.8. The number of hydrogen-bond acceptors (Lipinski definition) is 12. The van der Waals surface area contributed by atoms with Gasteiger partial charge in [0.2, 0.25) is 12.0 Å². The van der Waals surface area contributed by atoms with Crippen molar-refractivity contribution in [3.63, 3.8) is 0 Å². The minimum absolute atomic E-state index is 0.161. The van der Waals surface area contributed by atoms with Crippen LogP contribution in [0.5, 0.6) is 5.75 Å². The number of nitrogens with zero attached hydrogens (tertiary/aromatic N) is 3. The van der Waals surface area contributed by atoms with Gasteiger partial charge in [0.1, 0.15) is 17.3 Å². The number of esters is 3. The fourth-order valence-corrected chi connectivity index (χ4v) is 12.7. The maximum Gasteiger partial charge on any atom is 0.344 e. The normalized spacial score (nSPS) is 34.5. The predicted octanol–water partition coefficient (Wildman–Crippen LogP) is 3.76. The van der Waals surface area contributed by atoms with E-state index in [9.17, 15) is 24.6 Å². The van der Waals surface area contributed by atoms with E-state index in [1.807, 2.05) is 38.1 Å². The van der Waals surface area contributed by atoms with Crippen molar-refractivity contribution in [3.05, 3.63) is 71.4 Å². The van der Waals surface area contributed by atoms with Gasteiger partial charge in [-0.3, -0.25) is 24.2 Å². The lowest BCUT2D eigenvalue weighted by Gasteiger charge is -2.57. The van der Waals surface area contributed by atoms with Crippen molar-refractivity contribution in [1.29, 1.82) is 0 Å². The van der Waals surface area contributed by atoms with E-state index in [-0.39, 0.29) is 12.3 Å². The number of methoxy groups -OCH3 is 3. The smallest absolute Gasteiger partial charge is 0.344 e. The largest absolute Gasteiger partial charge is 0.496 e. The zero-order chi connectivity index (χ0) is 42.9. The lowest BCUT2D eigenvalue weighted by molar-refractivity contribution is -0.214. The Morgan fingerprint density at radius 2 is 1.77 bits per heavy atom. The van der Waals surface area contributed by atoms with Crippen LogP contribution in [0.2, 0.25) is 0 Å². The third-order valence-corrected chi connectivity index (χ3v) is 14.9. The molecule has 60 heavy (non-hydrogen) atoms. The Balaban J connectivity index is 1.47. The van der Waals surface area contributed by atoms with Crippen LogP contribution in [0.1, 0.15) is 75.3 Å². The Labute approximate surface area is 350 Å². The van der Waals surface area contributed by atoms with Gasteiger partial charge in [-0.05, 0) is 74.2 Å². The first-order valence-electron chi connectivity index (χ1n) is 21.2. The molecule has 1 aliphatic carbocycles. The summed E-state index contributed by atoms with van der Waals surface area (Å²) in [4.78, 5) is 65.7. The van der Waals surface area contributed by atoms with Gasteiger partial charge in [-0.1, -0.05) is 38.1 Å². The molecule has 1 spiro atoms. The molecule has 3 fully saturated rings. The van der Waals surface area contributed by atoms with Gasteiger partial charge in [0.05, 0.1) is 38.7 Å². The maximum absolute atomic E-state index is 15.3. The van der Waals surface area contributed by atoms with Crippen molar-refractivity contribution in [2.75, 3.05) is 59.0 Å². The van der Waals surface area contributed by atoms with Crippen LogP contribution in [-0.4, -0.2) is 133 Å². The number of aliphatic hydroxyl groups is 2. The molecule has 8 rings (SSSR count). The number of carbonyl (C=O) groups is 4. The molecule has 1 aromatic heterocycles. The first-order valence-corrected chi connectivity index (χ1v) is 21.2. The van der Waals surface area contributed by atoms with E-state index in [1.54, 1.807) is 12.1 Å². The van der Waals surface area contributed by atoms with Crippen molar-refractivity contribution in [2.24, 2.45) is 11.8 Å². The minimum atomic E-state index is -2.51. The Hall–Kier alpha value is -4.76. The number of amides is 1. The molecule has 4 aliphatic heterocycles. The van der Waals surface area contributed by atoms with E-state index in [4.69, 9.17) is 18.9 Å². The zero-order valence-electron chi connectivity index (χ0n) is 35.5. The zero-order valence-corrected chi connectivity index (χ0v) is 35.5. The van der Waals surface area contributed by atoms with Crippen LogP contribution in [0.3, 0.4) is 0 Å². The minimum Gasteiger partial charge on any atom is -0.496 e. The van der Waals surface area contributed by atoms with Crippen molar-refractivity contribution >= 4 is 40.9 Å². The molecule has 14 nitrogen and oxygen atoms in total. The highest BCUT2D eigenvalue weighted by Gasteiger charge is 2.77. The van der Waals surface area contributed by atoms with Gasteiger partial charge in [0.15, 0.2) is 0 Å². The number of ether oxygens (including phenoxy) is 4. The van der Waals surface area contributed by atoms with E-state index in [2.05, 4.69) is 27.4 Å². The van der Waals surface area contributed by atoms with Crippen LogP contribution in [0.15, 0.2) is 49.1 Å². The van der Waals surface area contributed by atoms with Gasteiger partial charge in [-0.15, -0.1) is 6.58 Å². The summed E-state index contributed by atoms with van der Waals surface area (Å²) in [5, 5.41) is 26.1. The molecule has 5 aliphatic rings. The van der Waals surface area contributed by atoms with E-state index in [0.29, 0.717) is 99.5 Å². The summed E-state index contributed by atoms with van der Waals surface area (Å²) in [5.74, 6) is -2.71. The van der Waals surface area contributed by atoms with Crippen LogP contribution < -0.4 is 9.64 Å². The molecule has 3 aromatic rings. The molecule has 3 N–H and O–H groups in total. The summed E-state index contributed by atoms with van der Waals surface area (Å²) in [5.41, 5.74) is -2.11. The van der Waals surface area contributed by atoms with Gasteiger partial charge >= 0.3 is 17.9 Å². The molecule has 2 aromatic carbocycles. The number of aromatic amines is 1. The van der Waals surface area contributed by atoms with Crippen LogP contribution in [0.25, 0.3) is 10.9 Å². The molecule has 5 heterocycles. The van der Waals surface area contributed by atoms with Crippen molar-refractivity contribution in [2.45, 2.75) is 99.5 Å². The second kappa shape index (κ2) is 15.3. The highest BCUT2D eigenvalue weighted by atomic mass is 16.6. The third-order valence-electron chi connectivity index (χ3n) is 14.9. The lowest BCUT2D eigenvalue weighted by Crippen LogP contribution is -2.78. The number of H-pyrrole nitrogens is 1. The molecular weight excluding hydrogens is 769 g/mol. The van der Waals surface area contributed by atoms with Gasteiger partial charge in [0.25, 0.3) is 0 Å². The number of nitrogens with one attached hydrogen (secondary N) is 1. The topological polar surface area (TPSA) is 171 Å². The molecule has 0 radical (unpaired) electrons. The van der Waals surface area contributed by atoms with Gasteiger partial charge in [0, 0.05) is 78.7 Å². The van der Waals surface area contributed by atoms with Gasteiger partial charge in [-0.2, -0.15) is 0 Å². The number of likely N-dealkylation sites (tertiary alicyclic amines) is 1. The summed E-state index contributed by atoms with van der Waals surface area (Å²) in [6.45, 7) is 12.0. The molecule has 1 saturated carbocycles. The second-order valence-electron chi connectivity index (χ2n) is 17.7. The van der Waals surface area contributed by atoms with Gasteiger partial charge < -0.3 is 39.0 Å². The summed E-state index contributed by atoms with van der Waals surface area (Å²) in [6.07, 6.45) is 3.66. The molecule has 14 heteroatoms. The number of piperidine rings is 1. The van der Waals surface area contributed by atoms with Gasteiger partial charge in [-0.25, -0.2) is 4.79 Å². The Kier molecular flexibility index (Phi) is 10.7. The molecule has 322 valence electrons. The quantitative estimate of drug-likeness (QED) is 0.117. The number of para-hydroxylation sites is 1. The number of aromatic nitrogens is 1. The van der Waals surface area contributed by atoms with E-state index in [1.165, 1.54) is 33.2 Å². The number of anilines is 1. The molecule has 2 bridgehead atoms. The molecule has 2 saturated heterocycles. The Bertz CT molecular complexity index is 2220.